The Labute approximate surface area is 239 Å². The highest BCUT2D eigenvalue weighted by molar-refractivity contribution is 7.92. The minimum absolute atomic E-state index is 0. The van der Waals surface area contributed by atoms with Gasteiger partial charge < -0.3 is 10.0 Å². The molecule has 0 aromatic heterocycles. The van der Waals surface area contributed by atoms with Gasteiger partial charge in [-0.15, -0.1) is 12.4 Å². The zero-order valence-electron chi connectivity index (χ0n) is 22.6. The third-order valence-electron chi connectivity index (χ3n) is 7.75. The number of anilines is 1. The highest BCUT2D eigenvalue weighted by Crippen LogP contribution is 2.38. The summed E-state index contributed by atoms with van der Waals surface area (Å²) in [6.07, 6.45) is 7.75. The van der Waals surface area contributed by atoms with Crippen molar-refractivity contribution < 1.29 is 13.5 Å². The molecular weight excluding hydrogens is 528 g/mol. The lowest BCUT2D eigenvalue weighted by Crippen LogP contribution is -2.34. The molecule has 39 heavy (non-hydrogen) atoms. The number of halogens is 1. The monoisotopic (exact) mass is 566 g/mol. The predicted octanol–water partition coefficient (Wildman–Crippen LogP) is 6.55. The number of rotatable bonds is 10. The third-order valence-corrected chi connectivity index (χ3v) is 8.36. The van der Waals surface area contributed by atoms with Crippen LogP contribution in [0, 0.1) is 0 Å². The third kappa shape index (κ3) is 7.73. The van der Waals surface area contributed by atoms with Gasteiger partial charge in [0.2, 0.25) is 10.0 Å². The Hall–Kier alpha value is -2.64. The van der Waals surface area contributed by atoms with Gasteiger partial charge in [0.25, 0.3) is 0 Å². The molecule has 3 aromatic carbocycles. The van der Waals surface area contributed by atoms with E-state index >= 15 is 0 Å². The number of hydrogen-bond acceptors (Lipinski definition) is 4. The van der Waals surface area contributed by atoms with Crippen LogP contribution in [0.3, 0.4) is 0 Å². The predicted molar refractivity (Wildman–Crippen MR) is 164 cm³/mol. The fourth-order valence-electron chi connectivity index (χ4n) is 5.70. The van der Waals surface area contributed by atoms with Crippen molar-refractivity contribution in [1.82, 2.24) is 4.90 Å². The Bertz CT molecular complexity index is 1340. The number of hydrogen-bond donors (Lipinski definition) is 2. The van der Waals surface area contributed by atoms with Gasteiger partial charge in [0.05, 0.1) is 6.26 Å². The van der Waals surface area contributed by atoms with E-state index in [9.17, 15) is 13.5 Å². The zero-order chi connectivity index (χ0) is 26.5. The molecular formula is C32H39ClN2O3S. The number of benzene rings is 3. The van der Waals surface area contributed by atoms with E-state index in [0.717, 1.165) is 41.0 Å². The summed E-state index contributed by atoms with van der Waals surface area (Å²) in [5.41, 5.74) is 7.52. The van der Waals surface area contributed by atoms with Crippen molar-refractivity contribution in [2.45, 2.75) is 50.5 Å². The van der Waals surface area contributed by atoms with E-state index in [-0.39, 0.29) is 19.0 Å². The Morgan fingerprint density at radius 2 is 1.44 bits per heavy atom. The fourth-order valence-corrected chi connectivity index (χ4v) is 6.27. The second kappa shape index (κ2) is 13.1. The number of allylic oxidation sites excluding steroid dienone is 1. The molecule has 1 saturated heterocycles. The SMILES string of the molecule is CS(=O)(=O)Nc1ccc(/C(=C(\CCCO)c2ccccc2)c2ccc(C3CCN(C4CC4)CC3)cc2)cc1.Cl. The van der Waals surface area contributed by atoms with Gasteiger partial charge in [-0.25, -0.2) is 8.42 Å². The van der Waals surface area contributed by atoms with Crippen LogP contribution in [0.5, 0.6) is 0 Å². The van der Waals surface area contributed by atoms with E-state index in [1.54, 1.807) is 0 Å². The van der Waals surface area contributed by atoms with Crippen molar-refractivity contribution in [3.63, 3.8) is 0 Å². The van der Waals surface area contributed by atoms with E-state index in [1.165, 1.54) is 49.9 Å². The molecule has 0 bridgehead atoms. The molecule has 0 spiro atoms. The minimum atomic E-state index is -3.35. The molecule has 1 heterocycles. The maximum Gasteiger partial charge on any atom is 0.229 e. The molecule has 208 valence electrons. The van der Waals surface area contributed by atoms with E-state index in [4.69, 9.17) is 0 Å². The average Bonchev–Trinajstić information content (AvgIpc) is 3.78. The van der Waals surface area contributed by atoms with Crippen LogP contribution in [-0.2, 0) is 10.0 Å². The van der Waals surface area contributed by atoms with Crippen LogP contribution < -0.4 is 4.72 Å². The molecule has 5 nitrogen and oxygen atoms in total. The summed E-state index contributed by atoms with van der Waals surface area (Å²) in [5, 5.41) is 9.68. The Morgan fingerprint density at radius 3 is 1.97 bits per heavy atom. The van der Waals surface area contributed by atoms with Gasteiger partial charge >= 0.3 is 0 Å². The van der Waals surface area contributed by atoms with E-state index in [1.807, 2.05) is 42.5 Å². The summed E-state index contributed by atoms with van der Waals surface area (Å²) in [7, 11) is -3.35. The van der Waals surface area contributed by atoms with Crippen LogP contribution in [0.2, 0.25) is 0 Å². The first kappa shape index (κ1) is 29.3. The topological polar surface area (TPSA) is 69.6 Å². The van der Waals surface area contributed by atoms with Crippen LogP contribution in [0.15, 0.2) is 78.9 Å². The summed E-state index contributed by atoms with van der Waals surface area (Å²) in [4.78, 5) is 2.67. The van der Waals surface area contributed by atoms with Gasteiger partial charge in [-0.2, -0.15) is 0 Å². The Balaban J connectivity index is 0.00000353. The molecule has 0 atom stereocenters. The molecule has 3 aromatic rings. The van der Waals surface area contributed by atoms with Crippen molar-refractivity contribution in [2.24, 2.45) is 0 Å². The Kier molecular flexibility index (Phi) is 9.89. The number of aliphatic hydroxyl groups is 1. The van der Waals surface area contributed by atoms with Crippen molar-refractivity contribution in [3.8, 4) is 0 Å². The van der Waals surface area contributed by atoms with Gasteiger partial charge in [0.1, 0.15) is 0 Å². The van der Waals surface area contributed by atoms with Gasteiger partial charge in [0.15, 0.2) is 0 Å². The second-order valence-electron chi connectivity index (χ2n) is 10.7. The summed E-state index contributed by atoms with van der Waals surface area (Å²) in [6.45, 7) is 2.53. The van der Waals surface area contributed by atoms with Crippen LogP contribution in [-0.4, -0.2) is 50.4 Å². The highest BCUT2D eigenvalue weighted by Gasteiger charge is 2.32. The average molecular weight is 567 g/mol. The normalized spacial score (nSPS) is 17.3. The van der Waals surface area contributed by atoms with Crippen LogP contribution in [0.1, 0.15) is 66.7 Å². The van der Waals surface area contributed by atoms with E-state index in [2.05, 4.69) is 46.0 Å². The largest absolute Gasteiger partial charge is 0.396 e. The highest BCUT2D eigenvalue weighted by atomic mass is 35.5. The molecule has 5 rings (SSSR count). The molecule has 7 heteroatoms. The molecule has 0 amide bonds. The zero-order valence-corrected chi connectivity index (χ0v) is 24.2. The van der Waals surface area contributed by atoms with Gasteiger partial charge in [0, 0.05) is 18.3 Å². The van der Waals surface area contributed by atoms with Gasteiger partial charge in [-0.1, -0.05) is 66.7 Å². The van der Waals surface area contributed by atoms with Crippen molar-refractivity contribution in [2.75, 3.05) is 30.7 Å². The lowest BCUT2D eigenvalue weighted by atomic mass is 9.85. The molecule has 0 radical (unpaired) electrons. The number of sulfonamides is 1. The number of aliphatic hydroxyl groups excluding tert-OH is 1. The maximum atomic E-state index is 11.7. The standard InChI is InChI=1S/C32H38N2O3S.ClH/c1-38(36,37)33-29-15-13-28(14-16-29)32(31(8-5-23-35)26-6-3-2-4-7-26)27-11-9-24(10-12-27)25-19-21-34(22-20-25)30-17-18-30;/h2-4,6-7,9-16,25,30,33,35H,5,8,17-23H2,1H3;1H/b32-31+;. The molecule has 1 aliphatic carbocycles. The maximum absolute atomic E-state index is 11.7. The lowest BCUT2D eigenvalue weighted by Gasteiger charge is -2.32. The number of nitrogens with zero attached hydrogens (tertiary/aromatic N) is 1. The van der Waals surface area contributed by atoms with Crippen molar-refractivity contribution in [3.05, 3.63) is 101 Å². The van der Waals surface area contributed by atoms with Crippen molar-refractivity contribution in [1.29, 1.82) is 0 Å². The first-order valence-electron chi connectivity index (χ1n) is 13.7. The number of piperidine rings is 1. The van der Waals surface area contributed by atoms with Crippen LogP contribution in [0.25, 0.3) is 11.1 Å². The summed E-state index contributed by atoms with van der Waals surface area (Å²) in [5.74, 6) is 0.607. The number of likely N-dealkylation sites (tertiary alicyclic amines) is 1. The van der Waals surface area contributed by atoms with Crippen LogP contribution >= 0.6 is 12.4 Å². The van der Waals surface area contributed by atoms with Gasteiger partial charge in [-0.3, -0.25) is 4.72 Å². The molecule has 2 fully saturated rings. The van der Waals surface area contributed by atoms with E-state index in [0.29, 0.717) is 18.0 Å². The summed E-state index contributed by atoms with van der Waals surface area (Å²) in [6, 6.07) is 27.8. The fraction of sp³-hybridized carbons (Fsp3) is 0.375. The van der Waals surface area contributed by atoms with E-state index < -0.39 is 10.0 Å². The molecule has 1 aliphatic heterocycles. The first-order chi connectivity index (χ1) is 18.4. The second-order valence-corrected chi connectivity index (χ2v) is 12.4. The summed E-state index contributed by atoms with van der Waals surface area (Å²) >= 11 is 0. The quantitative estimate of drug-likeness (QED) is 0.273. The Morgan fingerprint density at radius 1 is 0.846 bits per heavy atom. The first-order valence-corrected chi connectivity index (χ1v) is 15.6. The van der Waals surface area contributed by atoms with Crippen LogP contribution in [0.4, 0.5) is 5.69 Å². The van der Waals surface area contributed by atoms with Gasteiger partial charge in [-0.05, 0) is 103 Å². The summed E-state index contributed by atoms with van der Waals surface area (Å²) < 4.78 is 26.0. The lowest BCUT2D eigenvalue weighted by molar-refractivity contribution is 0.203. The molecule has 2 N–H and O–H groups in total. The molecule has 2 aliphatic rings. The van der Waals surface area contributed by atoms with Crippen molar-refractivity contribution >= 4 is 39.3 Å². The molecule has 0 unspecified atom stereocenters. The smallest absolute Gasteiger partial charge is 0.229 e. The number of nitrogens with one attached hydrogen (secondary N) is 1. The minimum Gasteiger partial charge on any atom is -0.396 e. The molecule has 1 saturated carbocycles.